The lowest BCUT2D eigenvalue weighted by Crippen LogP contribution is -1.94. The van der Waals surface area contributed by atoms with Crippen molar-refractivity contribution in [3.8, 4) is 74.4 Å². The van der Waals surface area contributed by atoms with Crippen LogP contribution in [0.1, 0.15) is 0 Å². The normalized spacial score (nSPS) is 11.7. The smallest absolute Gasteiger partial charge is 0.227 e. The van der Waals surface area contributed by atoms with Gasteiger partial charge in [0.1, 0.15) is 33.1 Å². The zero-order valence-corrected chi connectivity index (χ0v) is 50.4. The molecule has 8 aromatic heterocycles. The Morgan fingerprint density at radius 2 is 0.516 bits per heavy atom. The summed E-state index contributed by atoms with van der Waals surface area (Å²) in [7, 11) is 0. The summed E-state index contributed by atoms with van der Waals surface area (Å²) < 4.78 is 39.3. The molecule has 14 nitrogen and oxygen atoms in total. The van der Waals surface area contributed by atoms with Gasteiger partial charge >= 0.3 is 0 Å². The summed E-state index contributed by atoms with van der Waals surface area (Å²) >= 11 is 3.40. The number of hydrogen-bond acceptors (Lipinski definition) is 12. The summed E-state index contributed by atoms with van der Waals surface area (Å²) in [4.78, 5) is 31.4. The van der Waals surface area contributed by atoms with Gasteiger partial charge in [-0.3, -0.25) is 0 Å². The molecule has 0 atom stereocenters. The summed E-state index contributed by atoms with van der Waals surface area (Å²) in [5, 5.41) is 4.34. The van der Waals surface area contributed by atoms with E-state index in [1.165, 1.54) is 0 Å². The molecule has 440 valence electrons. The molecule has 8 heterocycles. The van der Waals surface area contributed by atoms with Gasteiger partial charge in [0.15, 0.2) is 33.5 Å². The van der Waals surface area contributed by atoms with Crippen LogP contribution in [0.4, 0.5) is 0 Å². The number of nitrogens with zero attached hydrogens (tertiary/aromatic N) is 7. The van der Waals surface area contributed by atoms with E-state index in [0.717, 1.165) is 154 Å². The summed E-state index contributed by atoms with van der Waals surface area (Å²) in [5.41, 5.74) is 20.6. The van der Waals surface area contributed by atoms with Crippen molar-refractivity contribution < 1.29 is 26.5 Å². The Morgan fingerprint density at radius 3 is 0.828 bits per heavy atom. The van der Waals surface area contributed by atoms with Crippen molar-refractivity contribution in [1.29, 1.82) is 0 Å². The molecule has 12 aromatic carbocycles. The second-order valence-corrected chi connectivity index (χ2v) is 23.3. The zero-order valence-electron chi connectivity index (χ0n) is 48.9. The van der Waals surface area contributed by atoms with E-state index in [9.17, 15) is 0 Å². The second kappa shape index (κ2) is 21.9. The van der Waals surface area contributed by atoms with Crippen molar-refractivity contribution in [2.24, 2.45) is 0 Å². The van der Waals surface area contributed by atoms with Gasteiger partial charge < -0.3 is 36.1 Å². The van der Waals surface area contributed by atoms with Crippen LogP contribution in [0.25, 0.3) is 185 Å². The summed E-state index contributed by atoms with van der Waals surface area (Å²) in [5.74, 6) is 3.67. The van der Waals surface area contributed by atoms with Crippen LogP contribution in [0.2, 0.25) is 0 Å². The van der Waals surface area contributed by atoms with Crippen LogP contribution in [0.5, 0.6) is 0 Å². The van der Waals surface area contributed by atoms with Gasteiger partial charge in [-0.1, -0.05) is 88.7 Å². The number of rotatable bonds is 7. The molecule has 0 radical (unpaired) electrons. The topological polar surface area (TPSA) is 177 Å². The highest BCUT2D eigenvalue weighted by atomic mass is 79.9. The van der Waals surface area contributed by atoms with Crippen LogP contribution in [-0.4, -0.2) is 39.5 Å². The predicted octanol–water partition coefficient (Wildman–Crippen LogP) is 21.4. The first kappa shape index (κ1) is 53.6. The number of oxazole rings is 6. The Morgan fingerprint density at radius 1 is 0.258 bits per heavy atom. The van der Waals surface area contributed by atoms with Crippen molar-refractivity contribution in [2.45, 2.75) is 0 Å². The Hall–Kier alpha value is -12.5. The molecule has 15 heteroatoms. The fourth-order valence-electron chi connectivity index (χ4n) is 12.1. The van der Waals surface area contributed by atoms with Crippen LogP contribution in [-0.2, 0) is 0 Å². The van der Waals surface area contributed by atoms with E-state index in [0.29, 0.717) is 35.3 Å². The predicted molar refractivity (Wildman–Crippen MR) is 369 cm³/mol. The van der Waals surface area contributed by atoms with E-state index in [1.54, 1.807) is 0 Å². The van der Waals surface area contributed by atoms with Gasteiger partial charge in [0.25, 0.3) is 0 Å². The number of hydrogen-bond donors (Lipinski definition) is 1. The molecule has 93 heavy (non-hydrogen) atoms. The number of para-hydroxylation sites is 12. The van der Waals surface area contributed by atoms with E-state index in [1.807, 2.05) is 182 Å². The maximum Gasteiger partial charge on any atom is 0.227 e. The Balaban J connectivity index is 0.000000116. The molecule has 0 aliphatic heterocycles. The molecule has 0 fully saturated rings. The second-order valence-electron chi connectivity index (χ2n) is 22.4. The number of fused-ring (bicyclic) bond motifs is 12. The van der Waals surface area contributed by atoms with Crippen molar-refractivity contribution in [3.05, 3.63) is 271 Å². The lowest BCUT2D eigenvalue weighted by molar-refractivity contribution is 0.619. The summed E-state index contributed by atoms with van der Waals surface area (Å²) in [6.45, 7) is 0. The standard InChI is InChI=1S/C39H22N4O3.C26H15N3O2.C13H8BrNO/c1-4-10-34-29(7-1)40-37(44-34)23-13-17-26(18-14-23)43-32-19-15-24(38-41-30-8-2-5-11-35(30)45-38)21-27(32)28-22-25(16-20-33(28)43)39-42-31-9-3-6-12-36(31)46-39;1-3-7-23-21(5-1)28-25(30-23)15-9-11-19-17(13-15)18-14-16(10-12-20(18)27-19)26-29-22-6-2-4-8-24(22)31-26;14-10-7-5-9(6-8-10)13-15-11-3-1-2-4-12(11)16-13/h1-22H;1-14,27H;1-8H. The molecule has 0 spiro atoms. The molecular formula is C78H45BrN8O6. The number of benzene rings is 12. The lowest BCUT2D eigenvalue weighted by atomic mass is 10.1. The maximum atomic E-state index is 6.15. The first-order valence-corrected chi connectivity index (χ1v) is 30.8. The van der Waals surface area contributed by atoms with Gasteiger partial charge in [-0.15, -0.1) is 0 Å². The Labute approximate surface area is 534 Å². The van der Waals surface area contributed by atoms with E-state index in [-0.39, 0.29) is 0 Å². The average molecular weight is 1270 g/mol. The molecule has 0 aliphatic carbocycles. The number of aromatic nitrogens is 8. The summed E-state index contributed by atoms with van der Waals surface area (Å²) in [6, 6.07) is 88.2. The highest BCUT2D eigenvalue weighted by Crippen LogP contribution is 2.40. The van der Waals surface area contributed by atoms with Gasteiger partial charge in [0, 0.05) is 76.1 Å². The molecular weight excluding hydrogens is 1220 g/mol. The molecule has 0 aliphatic rings. The minimum Gasteiger partial charge on any atom is -0.436 e. The number of aromatic amines is 1. The minimum absolute atomic E-state index is 0.585. The molecule has 20 rings (SSSR count). The third-order valence-corrected chi connectivity index (χ3v) is 17.1. The van der Waals surface area contributed by atoms with Crippen LogP contribution >= 0.6 is 15.9 Å². The van der Waals surface area contributed by atoms with Crippen LogP contribution < -0.4 is 0 Å². The quantitative estimate of drug-likeness (QED) is 0.160. The van der Waals surface area contributed by atoms with Gasteiger partial charge in [0.2, 0.25) is 35.3 Å². The zero-order chi connectivity index (χ0) is 61.5. The van der Waals surface area contributed by atoms with Crippen molar-refractivity contribution in [1.82, 2.24) is 39.5 Å². The number of nitrogens with one attached hydrogen (secondary N) is 1. The highest BCUT2D eigenvalue weighted by Gasteiger charge is 2.20. The molecule has 0 amide bonds. The minimum atomic E-state index is 0.585. The van der Waals surface area contributed by atoms with Gasteiger partial charge in [-0.05, 0) is 194 Å². The fraction of sp³-hybridized carbons (Fsp3) is 0. The number of H-pyrrole nitrogens is 1. The molecule has 0 bridgehead atoms. The SMILES string of the molecule is Brc1ccc(-c2nc3ccccc3o2)cc1.c1ccc2oc(-c3ccc(-n4c5ccc(-c6nc7ccccc7o6)cc5c5cc(-c6nc7ccccc7o6)ccc54)cc3)nc2c1.c1ccc2oc(-c3ccc4[nH]c5ccc(-c6nc7ccccc7o6)cc5c4c3)nc2c1. The van der Waals surface area contributed by atoms with Crippen molar-refractivity contribution >= 4 is 126 Å². The molecule has 0 unspecified atom stereocenters. The third kappa shape index (κ3) is 9.74. The fourth-order valence-corrected chi connectivity index (χ4v) is 12.3. The molecule has 20 aromatic rings. The number of halogens is 1. The van der Waals surface area contributed by atoms with Crippen molar-refractivity contribution in [2.75, 3.05) is 0 Å². The average Bonchev–Trinajstić information content (AvgIpc) is 1.60. The first-order chi connectivity index (χ1) is 45.9. The molecule has 1 N–H and O–H groups in total. The van der Waals surface area contributed by atoms with E-state index < -0.39 is 0 Å². The van der Waals surface area contributed by atoms with Gasteiger partial charge in [-0.25, -0.2) is 29.9 Å². The lowest BCUT2D eigenvalue weighted by Gasteiger charge is -2.09. The Bertz CT molecular complexity index is 5780. The molecule has 0 saturated heterocycles. The maximum absolute atomic E-state index is 6.15. The van der Waals surface area contributed by atoms with Crippen molar-refractivity contribution in [3.63, 3.8) is 0 Å². The first-order valence-electron chi connectivity index (χ1n) is 30.1. The van der Waals surface area contributed by atoms with E-state index >= 15 is 0 Å². The van der Waals surface area contributed by atoms with Gasteiger partial charge in [-0.2, -0.15) is 0 Å². The highest BCUT2D eigenvalue weighted by molar-refractivity contribution is 9.10. The van der Waals surface area contributed by atoms with E-state index in [2.05, 4.69) is 130 Å². The third-order valence-electron chi connectivity index (χ3n) is 16.6. The Kier molecular flexibility index (Phi) is 12.6. The molecule has 0 saturated carbocycles. The van der Waals surface area contributed by atoms with Gasteiger partial charge in [0.05, 0.1) is 11.0 Å². The summed E-state index contributed by atoms with van der Waals surface area (Å²) in [6.07, 6.45) is 0. The van der Waals surface area contributed by atoms with Crippen LogP contribution in [0.3, 0.4) is 0 Å². The van der Waals surface area contributed by atoms with E-state index in [4.69, 9.17) is 36.5 Å². The monoisotopic (exact) mass is 1270 g/mol. The van der Waals surface area contributed by atoms with Crippen LogP contribution in [0, 0.1) is 0 Å². The largest absolute Gasteiger partial charge is 0.436 e. The van der Waals surface area contributed by atoms with Crippen LogP contribution in [0.15, 0.2) is 298 Å².